The van der Waals surface area contributed by atoms with Crippen molar-refractivity contribution in [3.05, 3.63) is 107 Å². The van der Waals surface area contributed by atoms with E-state index in [9.17, 15) is 14.7 Å². The molecular weight excluding hydrogens is 542 g/mol. The smallest absolute Gasteiger partial charge is 0.407 e. The highest BCUT2D eigenvalue weighted by Gasteiger charge is 2.37. The van der Waals surface area contributed by atoms with E-state index in [1.54, 1.807) is 7.11 Å². The monoisotopic (exact) mass is 575 g/mol. The third-order valence-electron chi connectivity index (χ3n) is 8.77. The fourth-order valence-electron chi connectivity index (χ4n) is 6.48. The number of nitrogens with zero attached hydrogens (tertiary/aromatic N) is 4. The van der Waals surface area contributed by atoms with Crippen LogP contribution in [0.15, 0.2) is 78.9 Å². The third kappa shape index (κ3) is 4.95. The van der Waals surface area contributed by atoms with Gasteiger partial charge in [0.2, 0.25) is 0 Å². The number of methoxy groups -OCH3 is 1. The summed E-state index contributed by atoms with van der Waals surface area (Å²) >= 11 is 0. The van der Waals surface area contributed by atoms with Crippen LogP contribution in [0.2, 0.25) is 0 Å². The summed E-state index contributed by atoms with van der Waals surface area (Å²) in [6.07, 6.45) is -0.195. The Bertz CT molecular complexity index is 1850. The first-order valence-electron chi connectivity index (χ1n) is 14.6. The van der Waals surface area contributed by atoms with Gasteiger partial charge >= 0.3 is 6.09 Å². The van der Waals surface area contributed by atoms with Gasteiger partial charge in [0, 0.05) is 62.3 Å². The van der Waals surface area contributed by atoms with Crippen LogP contribution in [-0.4, -0.2) is 63.4 Å². The second-order valence-corrected chi connectivity index (χ2v) is 11.3. The Morgan fingerprint density at radius 3 is 2.47 bits per heavy atom. The van der Waals surface area contributed by atoms with E-state index in [2.05, 4.69) is 46.6 Å². The Hall–Kier alpha value is -4.89. The van der Waals surface area contributed by atoms with Crippen LogP contribution in [0.1, 0.15) is 38.9 Å². The van der Waals surface area contributed by atoms with Gasteiger partial charge in [-0.1, -0.05) is 72.8 Å². The molecule has 1 saturated heterocycles. The number of carbonyl (C=O) groups excluding carboxylic acids is 1. The molecule has 5 aromatic rings. The minimum atomic E-state index is -0.928. The predicted octanol–water partition coefficient (Wildman–Crippen LogP) is 5.22. The van der Waals surface area contributed by atoms with E-state index >= 15 is 0 Å². The maximum atomic E-state index is 13.7. The number of carboxylic acid groups (broad SMARTS) is 1. The summed E-state index contributed by atoms with van der Waals surface area (Å²) in [7, 11) is 1.69. The van der Waals surface area contributed by atoms with Crippen molar-refractivity contribution >= 4 is 33.5 Å². The highest BCUT2D eigenvalue weighted by molar-refractivity contribution is 5.95. The number of hydrogen-bond acceptors (Lipinski definition) is 5. The molecule has 1 fully saturated rings. The number of nitrogens with one attached hydrogen (secondary N) is 1. The summed E-state index contributed by atoms with van der Waals surface area (Å²) < 4.78 is 7.51. The molecule has 2 aliphatic heterocycles. The number of benzene rings is 4. The molecule has 9 nitrogen and oxygen atoms in total. The van der Waals surface area contributed by atoms with Crippen molar-refractivity contribution in [2.75, 3.05) is 26.7 Å². The summed E-state index contributed by atoms with van der Waals surface area (Å²) in [5, 5.41) is 21.8. The number of fused-ring (bicyclic) bond motifs is 3. The number of rotatable bonds is 7. The van der Waals surface area contributed by atoms with E-state index < -0.39 is 6.09 Å². The van der Waals surface area contributed by atoms with Crippen LogP contribution in [0.5, 0.6) is 5.75 Å². The Balaban J connectivity index is 1.17. The number of hydrogen-bond donors (Lipinski definition) is 2. The van der Waals surface area contributed by atoms with E-state index in [4.69, 9.17) is 9.84 Å². The van der Waals surface area contributed by atoms with Gasteiger partial charge in [-0.3, -0.25) is 14.4 Å². The molecule has 2 N–H and O–H groups in total. The molecule has 0 radical (unpaired) electrons. The number of likely N-dealkylation sites (tertiary alicyclic amines) is 1. The Morgan fingerprint density at radius 1 is 0.930 bits per heavy atom. The standard InChI is InChI=1S/C34H33N5O4/c1-43-31-14-13-24(27-11-4-5-12-28(27)31)18-37-16-15-30-29(21-37)32(36-39(30)25-19-38(20-25)34(41)42)33(40)35-17-23-9-6-8-22-7-2-3-10-26(22)23/h2-14,25H,15-21H2,1H3,(H,35,40)(H,41,42). The zero-order valence-corrected chi connectivity index (χ0v) is 24.0. The molecule has 0 aliphatic carbocycles. The van der Waals surface area contributed by atoms with Crippen LogP contribution >= 0.6 is 0 Å². The quantitative estimate of drug-likeness (QED) is 0.276. The lowest BCUT2D eigenvalue weighted by Gasteiger charge is -2.38. The van der Waals surface area contributed by atoms with Gasteiger partial charge in [-0.25, -0.2) is 4.79 Å². The molecule has 7 rings (SSSR count). The Morgan fingerprint density at radius 2 is 1.67 bits per heavy atom. The highest BCUT2D eigenvalue weighted by atomic mass is 16.5. The maximum Gasteiger partial charge on any atom is 0.407 e. The molecule has 0 atom stereocenters. The van der Waals surface area contributed by atoms with E-state index in [1.165, 1.54) is 10.5 Å². The largest absolute Gasteiger partial charge is 0.496 e. The lowest BCUT2D eigenvalue weighted by molar-refractivity contribution is 0.0786. The van der Waals surface area contributed by atoms with Gasteiger partial charge < -0.3 is 20.1 Å². The van der Waals surface area contributed by atoms with Gasteiger partial charge in [0.15, 0.2) is 5.69 Å². The van der Waals surface area contributed by atoms with Crippen molar-refractivity contribution in [3.63, 3.8) is 0 Å². The third-order valence-corrected chi connectivity index (χ3v) is 8.77. The summed E-state index contributed by atoms with van der Waals surface area (Å²) in [6.45, 7) is 3.26. The average Bonchev–Trinajstić information content (AvgIpc) is 3.37. The minimum Gasteiger partial charge on any atom is -0.496 e. The number of aromatic nitrogens is 2. The van der Waals surface area contributed by atoms with Crippen LogP contribution in [0.3, 0.4) is 0 Å². The summed E-state index contributed by atoms with van der Waals surface area (Å²) in [5.74, 6) is 0.636. The molecule has 9 heteroatoms. The highest BCUT2D eigenvalue weighted by Crippen LogP contribution is 2.33. The van der Waals surface area contributed by atoms with Gasteiger partial charge in [-0.2, -0.15) is 5.10 Å². The van der Waals surface area contributed by atoms with Crippen LogP contribution in [0, 0.1) is 0 Å². The molecule has 1 aromatic heterocycles. The lowest BCUT2D eigenvalue weighted by Crippen LogP contribution is -2.51. The summed E-state index contributed by atoms with van der Waals surface area (Å²) in [4.78, 5) is 28.9. The van der Waals surface area contributed by atoms with Crippen LogP contribution in [0.25, 0.3) is 21.5 Å². The molecule has 0 spiro atoms. The molecule has 3 heterocycles. The topological polar surface area (TPSA) is 99.9 Å². The molecule has 43 heavy (non-hydrogen) atoms. The van der Waals surface area contributed by atoms with Gasteiger partial charge in [0.05, 0.1) is 13.2 Å². The SMILES string of the molecule is COc1ccc(CN2CCc3c(c(C(=O)NCc4cccc5ccccc45)nn3C3CN(C(=O)O)C3)C2)c2ccccc12. The molecular formula is C34H33N5O4. The lowest BCUT2D eigenvalue weighted by atomic mass is 10.00. The van der Waals surface area contributed by atoms with Crippen LogP contribution in [0.4, 0.5) is 4.79 Å². The number of ether oxygens (including phenoxy) is 1. The fraction of sp³-hybridized carbons (Fsp3) is 0.265. The molecule has 2 amide bonds. The molecule has 4 aromatic carbocycles. The van der Waals surface area contributed by atoms with Crippen LogP contribution in [-0.2, 0) is 26.1 Å². The van der Waals surface area contributed by atoms with E-state index in [0.29, 0.717) is 31.9 Å². The Labute approximate surface area is 249 Å². The summed E-state index contributed by atoms with van der Waals surface area (Å²) in [5.41, 5.74) is 4.62. The predicted molar refractivity (Wildman–Crippen MR) is 164 cm³/mol. The normalized spacial score (nSPS) is 15.3. The van der Waals surface area contributed by atoms with E-state index in [-0.39, 0.29) is 11.9 Å². The molecule has 0 bridgehead atoms. The molecule has 0 unspecified atom stereocenters. The van der Waals surface area contributed by atoms with Crippen molar-refractivity contribution in [1.82, 2.24) is 24.9 Å². The number of amides is 2. The molecule has 2 aliphatic rings. The fourth-order valence-corrected chi connectivity index (χ4v) is 6.48. The zero-order chi connectivity index (χ0) is 29.5. The van der Waals surface area contributed by atoms with E-state index in [0.717, 1.165) is 63.6 Å². The zero-order valence-electron chi connectivity index (χ0n) is 24.0. The summed E-state index contributed by atoms with van der Waals surface area (Å²) in [6, 6.07) is 26.6. The van der Waals surface area contributed by atoms with Crippen molar-refractivity contribution in [3.8, 4) is 5.75 Å². The first kappa shape index (κ1) is 27.0. The first-order chi connectivity index (χ1) is 21.0. The second-order valence-electron chi connectivity index (χ2n) is 11.3. The van der Waals surface area contributed by atoms with Crippen molar-refractivity contribution in [2.45, 2.75) is 32.1 Å². The average molecular weight is 576 g/mol. The second kappa shape index (κ2) is 11.1. The Kier molecular flexibility index (Phi) is 6.95. The first-order valence-corrected chi connectivity index (χ1v) is 14.6. The number of carbonyl (C=O) groups is 2. The van der Waals surface area contributed by atoms with Gasteiger partial charge in [0.1, 0.15) is 5.75 Å². The molecule has 0 saturated carbocycles. The van der Waals surface area contributed by atoms with Gasteiger partial charge in [-0.05, 0) is 33.4 Å². The van der Waals surface area contributed by atoms with Gasteiger partial charge in [0.25, 0.3) is 5.91 Å². The van der Waals surface area contributed by atoms with Gasteiger partial charge in [-0.15, -0.1) is 0 Å². The van der Waals surface area contributed by atoms with Crippen molar-refractivity contribution in [1.29, 1.82) is 0 Å². The van der Waals surface area contributed by atoms with E-state index in [1.807, 2.05) is 47.1 Å². The maximum absolute atomic E-state index is 13.7. The van der Waals surface area contributed by atoms with Crippen LogP contribution < -0.4 is 10.1 Å². The van der Waals surface area contributed by atoms with Crippen molar-refractivity contribution in [2.24, 2.45) is 0 Å². The molecule has 218 valence electrons. The minimum absolute atomic E-state index is 0.0680. The van der Waals surface area contributed by atoms with Crippen molar-refractivity contribution < 1.29 is 19.4 Å².